The van der Waals surface area contributed by atoms with E-state index in [1.165, 1.54) is 0 Å². The highest BCUT2D eigenvalue weighted by Crippen LogP contribution is 2.24. The number of thiazole rings is 1. The van der Waals surface area contributed by atoms with Gasteiger partial charge >= 0.3 is 0 Å². The Morgan fingerprint density at radius 2 is 2.05 bits per heavy atom. The summed E-state index contributed by atoms with van der Waals surface area (Å²) in [7, 11) is 0. The molecule has 5 nitrogen and oxygen atoms in total. The van der Waals surface area contributed by atoms with E-state index in [1.54, 1.807) is 47.6 Å². The molecule has 2 heterocycles. The summed E-state index contributed by atoms with van der Waals surface area (Å²) in [5.74, 6) is -0.0140. The Bertz CT molecular complexity index is 634. The van der Waals surface area contributed by atoms with Crippen LogP contribution < -0.4 is 4.90 Å². The number of anilines is 1. The maximum atomic E-state index is 12.5. The summed E-state index contributed by atoms with van der Waals surface area (Å²) < 4.78 is 0. The first kappa shape index (κ1) is 13.9. The van der Waals surface area contributed by atoms with Crippen molar-refractivity contribution in [3.63, 3.8) is 0 Å². The van der Waals surface area contributed by atoms with E-state index in [-0.39, 0.29) is 11.7 Å². The van der Waals surface area contributed by atoms with Crippen LogP contribution in [0.25, 0.3) is 0 Å². The molecule has 1 aliphatic heterocycles. The number of amides is 1. The number of carbonyl (C=O) groups excluding carboxylic acids is 1. The lowest BCUT2D eigenvalue weighted by molar-refractivity contribution is 0.0743. The summed E-state index contributed by atoms with van der Waals surface area (Å²) in [4.78, 5) is 20.8. The molecule has 0 atom stereocenters. The standard InChI is InChI=1S/C15H17N3O2S/c1-11-3-2-4-12(13(11)19)14(20)17-6-8-18(9-7-17)15-16-5-10-21-15/h2-5,10,19H,6-9H2,1H3. The smallest absolute Gasteiger partial charge is 0.257 e. The van der Waals surface area contributed by atoms with Gasteiger partial charge in [0.2, 0.25) is 0 Å². The highest BCUT2D eigenvalue weighted by molar-refractivity contribution is 7.13. The number of benzene rings is 1. The summed E-state index contributed by atoms with van der Waals surface area (Å²) >= 11 is 1.61. The van der Waals surface area contributed by atoms with Gasteiger partial charge in [0.05, 0.1) is 5.56 Å². The van der Waals surface area contributed by atoms with Crippen LogP contribution in [0.1, 0.15) is 15.9 Å². The number of para-hydroxylation sites is 1. The Labute approximate surface area is 127 Å². The van der Waals surface area contributed by atoms with Crippen molar-refractivity contribution in [2.75, 3.05) is 31.1 Å². The van der Waals surface area contributed by atoms with Crippen molar-refractivity contribution >= 4 is 22.4 Å². The van der Waals surface area contributed by atoms with Crippen LogP contribution in [0, 0.1) is 6.92 Å². The van der Waals surface area contributed by atoms with Gasteiger partial charge in [0.15, 0.2) is 5.13 Å². The first-order valence-electron chi connectivity index (χ1n) is 6.89. The molecule has 0 radical (unpaired) electrons. The number of phenolic OH excluding ortho intramolecular Hbond substituents is 1. The third-order valence-electron chi connectivity index (χ3n) is 3.72. The van der Waals surface area contributed by atoms with Gasteiger partial charge in [-0.15, -0.1) is 11.3 Å². The topological polar surface area (TPSA) is 56.7 Å². The predicted octanol–water partition coefficient (Wildman–Crippen LogP) is 2.12. The van der Waals surface area contributed by atoms with Crippen LogP contribution in [-0.2, 0) is 0 Å². The second kappa shape index (κ2) is 5.73. The number of aromatic nitrogens is 1. The van der Waals surface area contributed by atoms with Gasteiger partial charge in [0.1, 0.15) is 5.75 Å². The number of nitrogens with zero attached hydrogens (tertiary/aromatic N) is 3. The third kappa shape index (κ3) is 2.71. The van der Waals surface area contributed by atoms with Crippen LogP contribution >= 0.6 is 11.3 Å². The number of hydrogen-bond acceptors (Lipinski definition) is 5. The summed E-state index contributed by atoms with van der Waals surface area (Å²) in [6, 6.07) is 5.28. The number of piperazine rings is 1. The van der Waals surface area contributed by atoms with Gasteiger partial charge in [0.25, 0.3) is 5.91 Å². The molecule has 1 fully saturated rings. The lowest BCUT2D eigenvalue weighted by Gasteiger charge is -2.34. The van der Waals surface area contributed by atoms with E-state index in [0.717, 1.165) is 23.8 Å². The Balaban J connectivity index is 1.69. The first-order valence-corrected chi connectivity index (χ1v) is 7.77. The molecule has 2 aromatic rings. The van der Waals surface area contributed by atoms with Crippen molar-refractivity contribution in [1.82, 2.24) is 9.88 Å². The summed E-state index contributed by atoms with van der Waals surface area (Å²) in [5, 5.41) is 13.0. The van der Waals surface area contributed by atoms with Gasteiger partial charge < -0.3 is 14.9 Å². The zero-order chi connectivity index (χ0) is 14.8. The van der Waals surface area contributed by atoms with Crippen LogP contribution in [0.5, 0.6) is 5.75 Å². The van der Waals surface area contributed by atoms with Crippen LogP contribution in [0.4, 0.5) is 5.13 Å². The van der Waals surface area contributed by atoms with E-state index in [0.29, 0.717) is 18.7 Å². The molecule has 1 saturated heterocycles. The van der Waals surface area contributed by atoms with Gasteiger partial charge in [-0.2, -0.15) is 0 Å². The third-order valence-corrected chi connectivity index (χ3v) is 4.56. The van der Waals surface area contributed by atoms with Crippen molar-refractivity contribution in [1.29, 1.82) is 0 Å². The van der Waals surface area contributed by atoms with E-state index in [1.807, 2.05) is 5.38 Å². The van der Waals surface area contributed by atoms with E-state index in [9.17, 15) is 9.90 Å². The van der Waals surface area contributed by atoms with Gasteiger partial charge in [-0.05, 0) is 18.6 Å². The van der Waals surface area contributed by atoms with Crippen LogP contribution in [0.3, 0.4) is 0 Å². The van der Waals surface area contributed by atoms with Crippen molar-refractivity contribution in [3.05, 3.63) is 40.9 Å². The minimum atomic E-state index is -0.102. The summed E-state index contributed by atoms with van der Waals surface area (Å²) in [6.07, 6.45) is 1.79. The van der Waals surface area contributed by atoms with E-state index in [4.69, 9.17) is 0 Å². The second-order valence-electron chi connectivity index (χ2n) is 5.07. The van der Waals surface area contributed by atoms with E-state index in [2.05, 4.69) is 9.88 Å². The van der Waals surface area contributed by atoms with Crippen LogP contribution in [-0.4, -0.2) is 47.1 Å². The molecule has 0 aliphatic carbocycles. The SMILES string of the molecule is Cc1cccc(C(=O)N2CCN(c3nccs3)CC2)c1O. The number of carbonyl (C=O) groups is 1. The minimum Gasteiger partial charge on any atom is -0.507 e. The molecule has 21 heavy (non-hydrogen) atoms. The van der Waals surface area contributed by atoms with E-state index < -0.39 is 0 Å². The van der Waals surface area contributed by atoms with Crippen LogP contribution in [0.15, 0.2) is 29.8 Å². The molecule has 0 spiro atoms. The molecule has 0 unspecified atom stereocenters. The maximum absolute atomic E-state index is 12.5. The van der Waals surface area contributed by atoms with Crippen LogP contribution in [0.2, 0.25) is 0 Å². The molecule has 1 aliphatic rings. The summed E-state index contributed by atoms with van der Waals surface area (Å²) in [5.41, 5.74) is 1.11. The number of phenols is 1. The molecule has 110 valence electrons. The molecular weight excluding hydrogens is 286 g/mol. The molecule has 1 amide bonds. The second-order valence-corrected chi connectivity index (χ2v) is 5.94. The zero-order valence-electron chi connectivity index (χ0n) is 11.8. The number of aryl methyl sites for hydroxylation is 1. The van der Waals surface area contributed by atoms with Crippen molar-refractivity contribution < 1.29 is 9.90 Å². The van der Waals surface area contributed by atoms with E-state index >= 15 is 0 Å². The molecule has 6 heteroatoms. The molecule has 1 N–H and O–H groups in total. The fourth-order valence-electron chi connectivity index (χ4n) is 2.47. The Hall–Kier alpha value is -2.08. The average Bonchev–Trinajstić information content (AvgIpc) is 3.04. The Morgan fingerprint density at radius 1 is 1.29 bits per heavy atom. The number of rotatable bonds is 2. The molecular formula is C15H17N3O2S. The predicted molar refractivity (Wildman–Crippen MR) is 83.1 cm³/mol. The van der Waals surface area contributed by atoms with Crippen molar-refractivity contribution in [2.45, 2.75) is 6.92 Å². The molecule has 0 bridgehead atoms. The molecule has 0 saturated carbocycles. The summed E-state index contributed by atoms with van der Waals surface area (Å²) in [6.45, 7) is 4.63. The first-order chi connectivity index (χ1) is 10.2. The zero-order valence-corrected chi connectivity index (χ0v) is 12.6. The monoisotopic (exact) mass is 303 g/mol. The fourth-order valence-corrected chi connectivity index (χ4v) is 3.17. The van der Waals surface area contributed by atoms with Crippen molar-refractivity contribution in [3.8, 4) is 5.75 Å². The fraction of sp³-hybridized carbons (Fsp3) is 0.333. The molecule has 3 rings (SSSR count). The van der Waals surface area contributed by atoms with Gasteiger partial charge in [-0.3, -0.25) is 4.79 Å². The minimum absolute atomic E-state index is 0.0878. The highest BCUT2D eigenvalue weighted by atomic mass is 32.1. The molecule has 1 aromatic heterocycles. The van der Waals surface area contributed by atoms with Gasteiger partial charge in [0, 0.05) is 37.8 Å². The lowest BCUT2D eigenvalue weighted by atomic mass is 10.1. The lowest BCUT2D eigenvalue weighted by Crippen LogP contribution is -2.48. The number of hydrogen-bond donors (Lipinski definition) is 1. The normalized spacial score (nSPS) is 15.3. The van der Waals surface area contributed by atoms with Gasteiger partial charge in [-0.25, -0.2) is 4.98 Å². The van der Waals surface area contributed by atoms with Crippen molar-refractivity contribution in [2.24, 2.45) is 0 Å². The largest absolute Gasteiger partial charge is 0.507 e. The quantitative estimate of drug-likeness (QED) is 0.923. The maximum Gasteiger partial charge on any atom is 0.257 e. The Kier molecular flexibility index (Phi) is 3.79. The average molecular weight is 303 g/mol. The Morgan fingerprint density at radius 3 is 2.71 bits per heavy atom. The van der Waals surface area contributed by atoms with Gasteiger partial charge in [-0.1, -0.05) is 12.1 Å². The molecule has 1 aromatic carbocycles. The number of aromatic hydroxyl groups is 1. The highest BCUT2D eigenvalue weighted by Gasteiger charge is 2.25.